The summed E-state index contributed by atoms with van der Waals surface area (Å²) in [5, 5.41) is 0. The fourth-order valence-corrected chi connectivity index (χ4v) is 1.78. The van der Waals surface area contributed by atoms with E-state index in [0.29, 0.717) is 19.8 Å². The number of hydrogen-bond acceptors (Lipinski definition) is 4. The molecule has 0 radical (unpaired) electrons. The molecule has 5 heteroatoms. The molecule has 0 aromatic rings. The zero-order valence-corrected chi connectivity index (χ0v) is 12.1. The van der Waals surface area contributed by atoms with Crippen LogP contribution in [0.1, 0.15) is 41.0 Å². The Labute approximate surface area is 109 Å². The summed E-state index contributed by atoms with van der Waals surface area (Å²) in [6.45, 7) is 10.3. The van der Waals surface area contributed by atoms with Gasteiger partial charge in [-0.15, -0.1) is 0 Å². The summed E-state index contributed by atoms with van der Waals surface area (Å²) in [4.78, 5) is 25.3. The molecule has 0 N–H and O–H groups in total. The smallest absolute Gasteiger partial charge is 0.410 e. The summed E-state index contributed by atoms with van der Waals surface area (Å²) in [5.41, 5.74) is 0. The second-order valence-electron chi connectivity index (χ2n) is 4.33. The normalized spacial score (nSPS) is 12.1. The van der Waals surface area contributed by atoms with E-state index >= 15 is 0 Å². The van der Waals surface area contributed by atoms with Gasteiger partial charge < -0.3 is 9.47 Å². The first-order chi connectivity index (χ1) is 8.49. The van der Waals surface area contributed by atoms with Crippen molar-refractivity contribution in [1.29, 1.82) is 0 Å². The number of carbonyl (C=O) groups is 2. The minimum Gasteiger partial charge on any atom is -0.464 e. The van der Waals surface area contributed by atoms with Gasteiger partial charge in [-0.2, -0.15) is 0 Å². The Morgan fingerprint density at radius 3 is 2.00 bits per heavy atom. The Hall–Kier alpha value is -1.26. The van der Waals surface area contributed by atoms with Crippen LogP contribution in [0.3, 0.4) is 0 Å². The van der Waals surface area contributed by atoms with E-state index in [1.54, 1.807) is 13.8 Å². The van der Waals surface area contributed by atoms with Crippen molar-refractivity contribution >= 4 is 12.1 Å². The van der Waals surface area contributed by atoms with Crippen molar-refractivity contribution in [3.63, 3.8) is 0 Å². The number of nitrogens with zero attached hydrogens (tertiary/aromatic N) is 1. The molecule has 0 aliphatic rings. The standard InChI is InChI=1S/C13H25NO4/c1-6-9-14(13(16)18-8-3)11(10(4)5)12(15)17-7-2/h10-11H,6-9H2,1-5H3. The van der Waals surface area contributed by atoms with Crippen LogP contribution in [0.2, 0.25) is 0 Å². The Balaban J connectivity index is 4.97. The van der Waals surface area contributed by atoms with Gasteiger partial charge in [0.2, 0.25) is 0 Å². The van der Waals surface area contributed by atoms with E-state index in [9.17, 15) is 9.59 Å². The van der Waals surface area contributed by atoms with Crippen molar-refractivity contribution in [2.45, 2.75) is 47.1 Å². The van der Waals surface area contributed by atoms with Gasteiger partial charge in [-0.25, -0.2) is 9.59 Å². The van der Waals surface area contributed by atoms with Crippen molar-refractivity contribution < 1.29 is 19.1 Å². The van der Waals surface area contributed by atoms with Crippen LogP contribution >= 0.6 is 0 Å². The lowest BCUT2D eigenvalue weighted by atomic mass is 10.0. The van der Waals surface area contributed by atoms with Gasteiger partial charge in [0.25, 0.3) is 0 Å². The van der Waals surface area contributed by atoms with Crippen molar-refractivity contribution in [2.24, 2.45) is 5.92 Å². The van der Waals surface area contributed by atoms with E-state index in [-0.39, 0.29) is 11.9 Å². The first-order valence-corrected chi connectivity index (χ1v) is 6.59. The summed E-state index contributed by atoms with van der Waals surface area (Å²) >= 11 is 0. The lowest BCUT2D eigenvalue weighted by molar-refractivity contribution is -0.150. The molecule has 106 valence electrons. The van der Waals surface area contributed by atoms with Crippen LogP contribution in [0.5, 0.6) is 0 Å². The molecule has 0 bridgehead atoms. The predicted octanol–water partition coefficient (Wildman–Crippen LogP) is 2.44. The number of ether oxygens (including phenoxy) is 2. The number of amides is 1. The molecule has 0 heterocycles. The second-order valence-corrected chi connectivity index (χ2v) is 4.33. The highest BCUT2D eigenvalue weighted by atomic mass is 16.6. The Kier molecular flexibility index (Phi) is 8.16. The molecule has 0 saturated carbocycles. The molecule has 0 fully saturated rings. The average Bonchev–Trinajstić information content (AvgIpc) is 2.28. The molecular formula is C13H25NO4. The van der Waals surface area contributed by atoms with E-state index < -0.39 is 12.1 Å². The molecule has 5 nitrogen and oxygen atoms in total. The van der Waals surface area contributed by atoms with Crippen molar-refractivity contribution in [2.75, 3.05) is 19.8 Å². The fourth-order valence-electron chi connectivity index (χ4n) is 1.78. The summed E-state index contributed by atoms with van der Waals surface area (Å²) in [6.07, 6.45) is 0.313. The molecule has 0 aliphatic heterocycles. The molecule has 0 rings (SSSR count). The molecule has 0 saturated heterocycles. The van der Waals surface area contributed by atoms with Gasteiger partial charge >= 0.3 is 12.1 Å². The summed E-state index contributed by atoms with van der Waals surface area (Å²) < 4.78 is 10.0. The maximum absolute atomic E-state index is 11.9. The number of hydrogen-bond donors (Lipinski definition) is 0. The zero-order valence-electron chi connectivity index (χ0n) is 12.1. The van der Waals surface area contributed by atoms with Gasteiger partial charge in [0.15, 0.2) is 0 Å². The van der Waals surface area contributed by atoms with Crippen molar-refractivity contribution in [1.82, 2.24) is 4.90 Å². The molecule has 0 spiro atoms. The third-order valence-electron chi connectivity index (χ3n) is 2.46. The van der Waals surface area contributed by atoms with E-state index in [4.69, 9.17) is 9.47 Å². The SMILES string of the molecule is CCCN(C(=O)OCC)C(C(=O)OCC)C(C)C. The number of esters is 1. The molecule has 1 atom stereocenters. The maximum atomic E-state index is 11.9. The lowest BCUT2D eigenvalue weighted by Gasteiger charge is -2.31. The van der Waals surface area contributed by atoms with Crippen LogP contribution < -0.4 is 0 Å². The topological polar surface area (TPSA) is 55.8 Å². The Morgan fingerprint density at radius 1 is 1.06 bits per heavy atom. The molecule has 1 unspecified atom stereocenters. The van der Waals surface area contributed by atoms with Crippen LogP contribution in [-0.4, -0.2) is 42.8 Å². The van der Waals surface area contributed by atoms with Gasteiger partial charge in [0.05, 0.1) is 13.2 Å². The van der Waals surface area contributed by atoms with E-state index in [1.807, 2.05) is 20.8 Å². The third kappa shape index (κ3) is 4.94. The van der Waals surface area contributed by atoms with Gasteiger partial charge in [-0.3, -0.25) is 4.90 Å². The first kappa shape index (κ1) is 16.7. The maximum Gasteiger partial charge on any atom is 0.410 e. The highest BCUT2D eigenvalue weighted by molar-refractivity contribution is 5.81. The third-order valence-corrected chi connectivity index (χ3v) is 2.46. The largest absolute Gasteiger partial charge is 0.464 e. The highest BCUT2D eigenvalue weighted by Crippen LogP contribution is 2.15. The van der Waals surface area contributed by atoms with E-state index in [0.717, 1.165) is 6.42 Å². The second kappa shape index (κ2) is 8.78. The zero-order chi connectivity index (χ0) is 14.1. The average molecular weight is 259 g/mol. The van der Waals surface area contributed by atoms with Gasteiger partial charge in [-0.1, -0.05) is 20.8 Å². The van der Waals surface area contributed by atoms with Gasteiger partial charge in [0, 0.05) is 6.54 Å². The van der Waals surface area contributed by atoms with Crippen LogP contribution in [0.25, 0.3) is 0 Å². The van der Waals surface area contributed by atoms with Crippen LogP contribution in [-0.2, 0) is 14.3 Å². The van der Waals surface area contributed by atoms with Gasteiger partial charge in [-0.05, 0) is 26.2 Å². The van der Waals surface area contributed by atoms with Gasteiger partial charge in [0.1, 0.15) is 6.04 Å². The lowest BCUT2D eigenvalue weighted by Crippen LogP contribution is -2.49. The molecule has 0 aliphatic carbocycles. The molecule has 18 heavy (non-hydrogen) atoms. The fraction of sp³-hybridized carbons (Fsp3) is 0.846. The Morgan fingerprint density at radius 2 is 1.61 bits per heavy atom. The van der Waals surface area contributed by atoms with E-state index in [2.05, 4.69) is 0 Å². The number of carbonyl (C=O) groups excluding carboxylic acids is 2. The van der Waals surface area contributed by atoms with Crippen LogP contribution in [0.15, 0.2) is 0 Å². The van der Waals surface area contributed by atoms with Crippen molar-refractivity contribution in [3.8, 4) is 0 Å². The van der Waals surface area contributed by atoms with E-state index in [1.165, 1.54) is 4.90 Å². The highest BCUT2D eigenvalue weighted by Gasteiger charge is 2.33. The summed E-state index contributed by atoms with van der Waals surface area (Å²) in [6, 6.07) is -0.580. The minimum absolute atomic E-state index is 0.0139. The Bertz CT molecular complexity index is 266. The first-order valence-electron chi connectivity index (χ1n) is 6.59. The summed E-state index contributed by atoms with van der Waals surface area (Å²) in [5.74, 6) is -0.381. The predicted molar refractivity (Wildman–Crippen MR) is 69.3 cm³/mol. The number of rotatable bonds is 7. The molecule has 0 aromatic carbocycles. The van der Waals surface area contributed by atoms with Crippen LogP contribution in [0.4, 0.5) is 4.79 Å². The summed E-state index contributed by atoms with van der Waals surface area (Å²) in [7, 11) is 0. The van der Waals surface area contributed by atoms with Crippen molar-refractivity contribution in [3.05, 3.63) is 0 Å². The molecule has 0 aromatic heterocycles. The molecular weight excluding hydrogens is 234 g/mol. The van der Waals surface area contributed by atoms with Crippen LogP contribution in [0, 0.1) is 5.92 Å². The minimum atomic E-state index is -0.580. The quantitative estimate of drug-likeness (QED) is 0.659. The monoisotopic (exact) mass is 259 g/mol. The molecule has 1 amide bonds.